The molecule has 150 valence electrons. The lowest BCUT2D eigenvalue weighted by atomic mass is 10.1. The zero-order chi connectivity index (χ0) is 20.6. The minimum absolute atomic E-state index is 0.679. The van der Waals surface area contributed by atoms with E-state index in [-0.39, 0.29) is 0 Å². The van der Waals surface area contributed by atoms with Gasteiger partial charge in [0.15, 0.2) is 0 Å². The van der Waals surface area contributed by atoms with Gasteiger partial charge in [0.25, 0.3) is 0 Å². The molecule has 0 bridgehead atoms. The Kier molecular flexibility index (Phi) is 6.30. The third kappa shape index (κ3) is 5.00. The Morgan fingerprint density at radius 2 is 1.50 bits per heavy atom. The highest BCUT2D eigenvalue weighted by Gasteiger charge is 2.13. The molecule has 0 aliphatic rings. The average molecular weight is 396 g/mol. The maximum atomic E-state index is 4.89. The second-order valence-electron chi connectivity index (χ2n) is 7.01. The fourth-order valence-electron chi connectivity index (χ4n) is 3.24. The van der Waals surface area contributed by atoms with Crippen molar-refractivity contribution in [2.75, 3.05) is 16.8 Å². The molecule has 0 aliphatic carbocycles. The second-order valence-corrected chi connectivity index (χ2v) is 7.01. The van der Waals surface area contributed by atoms with Crippen molar-refractivity contribution >= 4 is 11.8 Å². The maximum Gasteiger partial charge on any atom is 0.228 e. The van der Waals surface area contributed by atoms with Gasteiger partial charge in [-0.3, -0.25) is 4.98 Å². The Bertz CT molecular complexity index is 1050. The first-order valence-corrected chi connectivity index (χ1v) is 10.2. The van der Waals surface area contributed by atoms with Gasteiger partial charge in [-0.1, -0.05) is 60.7 Å². The van der Waals surface area contributed by atoms with Gasteiger partial charge in [-0.05, 0) is 30.2 Å². The molecule has 0 spiro atoms. The zero-order valence-corrected chi connectivity index (χ0v) is 17.1. The molecule has 0 saturated carbocycles. The highest BCUT2D eigenvalue weighted by molar-refractivity contribution is 5.64. The fraction of sp³-hybridized carbons (Fsp3) is 0.160. The first-order chi connectivity index (χ1) is 14.8. The van der Waals surface area contributed by atoms with Crippen LogP contribution in [0.15, 0.2) is 91.3 Å². The molecular weight excluding hydrogens is 370 g/mol. The van der Waals surface area contributed by atoms with Crippen LogP contribution in [0.2, 0.25) is 0 Å². The molecule has 30 heavy (non-hydrogen) atoms. The summed E-state index contributed by atoms with van der Waals surface area (Å²) in [6, 6.07) is 26.7. The molecule has 0 amide bonds. The molecular formula is C25H25N5. The van der Waals surface area contributed by atoms with Crippen LogP contribution in [0, 0.1) is 0 Å². The van der Waals surface area contributed by atoms with E-state index in [1.165, 1.54) is 5.56 Å². The van der Waals surface area contributed by atoms with Crippen molar-refractivity contribution in [2.45, 2.75) is 20.0 Å². The first-order valence-electron chi connectivity index (χ1n) is 10.2. The van der Waals surface area contributed by atoms with Crippen molar-refractivity contribution in [3.8, 4) is 11.3 Å². The number of pyridine rings is 1. The highest BCUT2D eigenvalue weighted by Crippen LogP contribution is 2.24. The van der Waals surface area contributed by atoms with Gasteiger partial charge >= 0.3 is 0 Å². The molecule has 0 unspecified atom stereocenters. The van der Waals surface area contributed by atoms with Crippen LogP contribution < -0.4 is 10.2 Å². The van der Waals surface area contributed by atoms with Crippen molar-refractivity contribution in [1.82, 2.24) is 15.0 Å². The van der Waals surface area contributed by atoms with Crippen LogP contribution in [0.25, 0.3) is 11.3 Å². The van der Waals surface area contributed by atoms with E-state index in [1.807, 2.05) is 42.5 Å². The van der Waals surface area contributed by atoms with Crippen molar-refractivity contribution < 1.29 is 0 Å². The van der Waals surface area contributed by atoms with E-state index in [0.29, 0.717) is 6.54 Å². The molecule has 5 heteroatoms. The van der Waals surface area contributed by atoms with Gasteiger partial charge in [-0.15, -0.1) is 0 Å². The molecule has 2 heterocycles. The minimum Gasteiger partial charge on any atom is -0.366 e. The monoisotopic (exact) mass is 395 g/mol. The predicted molar refractivity (Wildman–Crippen MR) is 122 cm³/mol. The fourth-order valence-corrected chi connectivity index (χ4v) is 3.24. The molecule has 0 radical (unpaired) electrons. The van der Waals surface area contributed by atoms with Crippen molar-refractivity contribution in [1.29, 1.82) is 0 Å². The van der Waals surface area contributed by atoms with Crippen LogP contribution >= 0.6 is 0 Å². The number of nitrogens with one attached hydrogen (secondary N) is 1. The summed E-state index contributed by atoms with van der Waals surface area (Å²) in [5.74, 6) is 1.53. The molecule has 4 aromatic rings. The Balaban J connectivity index is 1.65. The third-order valence-electron chi connectivity index (χ3n) is 4.89. The van der Waals surface area contributed by atoms with E-state index in [4.69, 9.17) is 9.97 Å². The van der Waals surface area contributed by atoms with Gasteiger partial charge in [0.05, 0.1) is 5.69 Å². The topological polar surface area (TPSA) is 53.9 Å². The first kappa shape index (κ1) is 19.6. The summed E-state index contributed by atoms with van der Waals surface area (Å²) >= 11 is 0. The van der Waals surface area contributed by atoms with Crippen molar-refractivity contribution in [3.63, 3.8) is 0 Å². The molecule has 0 fully saturated rings. The van der Waals surface area contributed by atoms with Crippen LogP contribution in [0.1, 0.15) is 18.1 Å². The van der Waals surface area contributed by atoms with Crippen LogP contribution in [-0.2, 0) is 13.1 Å². The van der Waals surface area contributed by atoms with E-state index in [1.54, 1.807) is 12.4 Å². The molecule has 5 nitrogen and oxygen atoms in total. The number of rotatable bonds is 8. The van der Waals surface area contributed by atoms with Gasteiger partial charge in [0.2, 0.25) is 5.95 Å². The molecule has 1 N–H and O–H groups in total. The summed E-state index contributed by atoms with van der Waals surface area (Å²) in [5, 5.41) is 3.45. The molecule has 0 aliphatic heterocycles. The molecule has 2 aromatic heterocycles. The molecule has 0 saturated heterocycles. The largest absolute Gasteiger partial charge is 0.366 e. The Hall–Kier alpha value is -3.73. The number of anilines is 2. The van der Waals surface area contributed by atoms with Gasteiger partial charge in [-0.2, -0.15) is 4.98 Å². The van der Waals surface area contributed by atoms with Gasteiger partial charge in [0, 0.05) is 43.7 Å². The Morgan fingerprint density at radius 1 is 0.800 bits per heavy atom. The quantitative estimate of drug-likeness (QED) is 0.446. The summed E-state index contributed by atoms with van der Waals surface area (Å²) in [6.07, 6.45) is 3.60. The van der Waals surface area contributed by atoms with Gasteiger partial charge in [0.1, 0.15) is 5.82 Å². The lowest BCUT2D eigenvalue weighted by molar-refractivity contribution is 0.792. The zero-order valence-electron chi connectivity index (χ0n) is 17.1. The van der Waals surface area contributed by atoms with Crippen LogP contribution in [0.3, 0.4) is 0 Å². The predicted octanol–water partition coefficient (Wildman–Crippen LogP) is 5.18. The van der Waals surface area contributed by atoms with E-state index in [0.717, 1.165) is 41.7 Å². The van der Waals surface area contributed by atoms with E-state index in [9.17, 15) is 0 Å². The SMILES string of the molecule is CCN(Cc1ccccc1)c1nc(NCc2ccncc2)cc(-c2ccccc2)n1. The average Bonchev–Trinajstić information content (AvgIpc) is 2.83. The number of nitrogens with zero attached hydrogens (tertiary/aromatic N) is 4. The maximum absolute atomic E-state index is 4.89. The molecule has 2 aromatic carbocycles. The summed E-state index contributed by atoms with van der Waals surface area (Å²) in [5.41, 5.74) is 4.37. The number of hydrogen-bond acceptors (Lipinski definition) is 5. The number of hydrogen-bond donors (Lipinski definition) is 1. The van der Waals surface area contributed by atoms with Gasteiger partial charge in [-0.25, -0.2) is 4.98 Å². The van der Waals surface area contributed by atoms with E-state index in [2.05, 4.69) is 58.5 Å². The number of benzene rings is 2. The highest BCUT2D eigenvalue weighted by atomic mass is 15.3. The molecule has 4 rings (SSSR count). The second kappa shape index (κ2) is 9.65. The Morgan fingerprint density at radius 3 is 2.20 bits per heavy atom. The van der Waals surface area contributed by atoms with Crippen molar-refractivity contribution in [3.05, 3.63) is 102 Å². The molecule has 0 atom stereocenters. The summed E-state index contributed by atoms with van der Waals surface area (Å²) in [7, 11) is 0. The van der Waals surface area contributed by atoms with Crippen LogP contribution in [-0.4, -0.2) is 21.5 Å². The smallest absolute Gasteiger partial charge is 0.228 e. The van der Waals surface area contributed by atoms with Crippen LogP contribution in [0.5, 0.6) is 0 Å². The minimum atomic E-state index is 0.679. The third-order valence-corrected chi connectivity index (χ3v) is 4.89. The van der Waals surface area contributed by atoms with E-state index >= 15 is 0 Å². The summed E-state index contributed by atoms with van der Waals surface area (Å²) in [4.78, 5) is 16.0. The standard InChI is InChI=1S/C25H25N5/c1-2-30(19-21-9-5-3-6-10-21)25-28-23(22-11-7-4-8-12-22)17-24(29-25)27-18-20-13-15-26-16-14-20/h3-17H,2,18-19H2,1H3,(H,27,28,29). The summed E-state index contributed by atoms with van der Waals surface area (Å²) < 4.78 is 0. The lowest BCUT2D eigenvalue weighted by Crippen LogP contribution is -2.24. The van der Waals surface area contributed by atoms with Gasteiger partial charge < -0.3 is 10.2 Å². The van der Waals surface area contributed by atoms with Crippen LogP contribution in [0.4, 0.5) is 11.8 Å². The van der Waals surface area contributed by atoms with E-state index < -0.39 is 0 Å². The Labute approximate surface area is 177 Å². The lowest BCUT2D eigenvalue weighted by Gasteiger charge is -2.22. The summed E-state index contributed by atoms with van der Waals surface area (Å²) in [6.45, 7) is 4.39. The van der Waals surface area contributed by atoms with Crippen molar-refractivity contribution in [2.24, 2.45) is 0 Å². The number of aromatic nitrogens is 3. The normalized spacial score (nSPS) is 10.6.